The summed E-state index contributed by atoms with van der Waals surface area (Å²) in [7, 11) is 0. The molecule has 0 N–H and O–H groups in total. The molecule has 0 radical (unpaired) electrons. The summed E-state index contributed by atoms with van der Waals surface area (Å²) in [6.45, 7) is 2.81. The second-order valence-electron chi connectivity index (χ2n) is 7.75. The van der Waals surface area contributed by atoms with E-state index in [9.17, 15) is 4.79 Å². The van der Waals surface area contributed by atoms with Gasteiger partial charge in [0, 0.05) is 11.5 Å². The van der Waals surface area contributed by atoms with Crippen molar-refractivity contribution in [3.8, 4) is 17.2 Å². The molecule has 1 atom stereocenters. The van der Waals surface area contributed by atoms with Crippen molar-refractivity contribution in [2.75, 3.05) is 0 Å². The molecule has 5 nitrogen and oxygen atoms in total. The van der Waals surface area contributed by atoms with Gasteiger partial charge >= 0.3 is 5.97 Å². The van der Waals surface area contributed by atoms with E-state index in [1.165, 1.54) is 0 Å². The molecule has 2 heterocycles. The van der Waals surface area contributed by atoms with E-state index >= 15 is 0 Å². The van der Waals surface area contributed by atoms with E-state index < -0.39 is 0 Å². The first-order valence-corrected chi connectivity index (χ1v) is 10.3. The lowest BCUT2D eigenvalue weighted by Gasteiger charge is -2.21. The van der Waals surface area contributed by atoms with Crippen LogP contribution in [0.5, 0.6) is 17.2 Å². The van der Waals surface area contributed by atoms with Crippen molar-refractivity contribution in [1.82, 2.24) is 0 Å². The number of hydrogen-bond donors (Lipinski definition) is 0. The van der Waals surface area contributed by atoms with E-state index in [-0.39, 0.29) is 11.9 Å². The number of esters is 1. The molecule has 156 valence electrons. The van der Waals surface area contributed by atoms with Gasteiger partial charge in [-0.05, 0) is 47.4 Å². The summed E-state index contributed by atoms with van der Waals surface area (Å²) in [6, 6.07) is 23.3. The Bertz CT molecular complexity index is 1190. The largest absolute Gasteiger partial charge is 0.489 e. The van der Waals surface area contributed by atoms with Crippen molar-refractivity contribution in [3.05, 3.63) is 89.7 Å². The Morgan fingerprint density at radius 3 is 2.52 bits per heavy atom. The monoisotopic (exact) mass is 414 g/mol. The fourth-order valence-corrected chi connectivity index (χ4v) is 3.74. The summed E-state index contributed by atoms with van der Waals surface area (Å²) in [5.74, 6) is 2.78. The summed E-state index contributed by atoms with van der Waals surface area (Å²) in [5.41, 5.74) is 2.91. The van der Waals surface area contributed by atoms with Crippen molar-refractivity contribution in [3.63, 3.8) is 0 Å². The molecule has 0 saturated carbocycles. The molecule has 4 aromatic rings. The van der Waals surface area contributed by atoms with Crippen LogP contribution in [-0.2, 0) is 18.0 Å². The van der Waals surface area contributed by atoms with Crippen molar-refractivity contribution in [2.24, 2.45) is 0 Å². The third-order valence-electron chi connectivity index (χ3n) is 5.40. The van der Waals surface area contributed by atoms with Crippen LogP contribution in [0.15, 0.2) is 77.2 Å². The van der Waals surface area contributed by atoms with Crippen LogP contribution in [0, 0.1) is 0 Å². The highest BCUT2D eigenvalue weighted by Gasteiger charge is 2.24. The van der Waals surface area contributed by atoms with Crippen LogP contribution in [0.4, 0.5) is 0 Å². The molecule has 1 unspecified atom stereocenters. The first kappa shape index (κ1) is 19.2. The number of rotatable bonds is 6. The SMILES string of the molecule is CC1CC(=O)Oc2cc(OCc3ccc(OCc4cc5ccccc5o4)cc3)ccc21. The maximum Gasteiger partial charge on any atom is 0.311 e. The standard InChI is InChI=1S/C26H22O5/c1-17-12-26(27)31-25-14-21(10-11-23(17)25)28-15-18-6-8-20(9-7-18)29-16-22-13-19-4-2-3-5-24(19)30-22/h2-11,13-14,17H,12,15-16H2,1H3. The number of furan rings is 1. The van der Waals surface area contributed by atoms with Crippen molar-refractivity contribution >= 4 is 16.9 Å². The first-order valence-electron chi connectivity index (χ1n) is 10.3. The zero-order chi connectivity index (χ0) is 21.2. The lowest BCUT2D eigenvalue weighted by atomic mass is 9.95. The first-order chi connectivity index (χ1) is 15.1. The van der Waals surface area contributed by atoms with Crippen molar-refractivity contribution in [1.29, 1.82) is 0 Å². The number of ether oxygens (including phenoxy) is 3. The Morgan fingerprint density at radius 1 is 0.903 bits per heavy atom. The molecule has 0 bridgehead atoms. The van der Waals surface area contributed by atoms with Crippen LogP contribution in [0.1, 0.15) is 36.1 Å². The Morgan fingerprint density at radius 2 is 1.68 bits per heavy atom. The van der Waals surface area contributed by atoms with Gasteiger partial charge in [-0.25, -0.2) is 0 Å². The van der Waals surface area contributed by atoms with Gasteiger partial charge < -0.3 is 18.6 Å². The molecule has 1 aliphatic rings. The summed E-state index contributed by atoms with van der Waals surface area (Å²) in [6.07, 6.45) is 0.415. The Kier molecular flexibility index (Phi) is 5.08. The molecule has 3 aromatic carbocycles. The highest BCUT2D eigenvalue weighted by molar-refractivity contribution is 5.77. The number of para-hydroxylation sites is 1. The highest BCUT2D eigenvalue weighted by atomic mass is 16.5. The van der Waals surface area contributed by atoms with E-state index in [2.05, 4.69) is 0 Å². The van der Waals surface area contributed by atoms with Gasteiger partial charge in [-0.2, -0.15) is 0 Å². The van der Waals surface area contributed by atoms with Crippen LogP contribution in [0.25, 0.3) is 11.0 Å². The summed E-state index contributed by atoms with van der Waals surface area (Å²) < 4.78 is 22.9. The van der Waals surface area contributed by atoms with E-state index in [0.29, 0.717) is 31.1 Å². The van der Waals surface area contributed by atoms with Crippen LogP contribution in [0.2, 0.25) is 0 Å². The maximum absolute atomic E-state index is 11.7. The quantitative estimate of drug-likeness (QED) is 0.286. The Labute approximate surface area is 180 Å². The lowest BCUT2D eigenvalue weighted by Crippen LogP contribution is -2.18. The third-order valence-corrected chi connectivity index (χ3v) is 5.40. The van der Waals surface area contributed by atoms with Gasteiger partial charge in [0.25, 0.3) is 0 Å². The molecular weight excluding hydrogens is 392 g/mol. The van der Waals surface area contributed by atoms with E-state index in [0.717, 1.165) is 33.6 Å². The molecule has 0 amide bonds. The Hall–Kier alpha value is -3.73. The second-order valence-corrected chi connectivity index (χ2v) is 7.75. The van der Waals surface area contributed by atoms with E-state index in [1.807, 2.05) is 73.7 Å². The molecule has 5 rings (SSSR count). The summed E-state index contributed by atoms with van der Waals surface area (Å²) in [5, 5.41) is 1.07. The molecule has 0 fully saturated rings. The zero-order valence-electron chi connectivity index (χ0n) is 17.2. The topological polar surface area (TPSA) is 57.9 Å². The average molecular weight is 414 g/mol. The van der Waals surface area contributed by atoms with E-state index in [1.54, 1.807) is 6.07 Å². The number of carbonyl (C=O) groups is 1. The van der Waals surface area contributed by atoms with Gasteiger partial charge in [0.2, 0.25) is 0 Å². The van der Waals surface area contributed by atoms with Gasteiger partial charge in [-0.1, -0.05) is 43.3 Å². The molecule has 0 spiro atoms. The van der Waals surface area contributed by atoms with Crippen LogP contribution >= 0.6 is 0 Å². The fraction of sp³-hybridized carbons (Fsp3) is 0.192. The summed E-state index contributed by atoms with van der Waals surface area (Å²) in [4.78, 5) is 11.7. The number of fused-ring (bicyclic) bond motifs is 2. The minimum absolute atomic E-state index is 0.164. The zero-order valence-corrected chi connectivity index (χ0v) is 17.2. The Balaban J connectivity index is 1.18. The van der Waals surface area contributed by atoms with Gasteiger partial charge in [-0.15, -0.1) is 0 Å². The molecule has 1 aliphatic heterocycles. The molecule has 0 saturated heterocycles. The smallest absolute Gasteiger partial charge is 0.311 e. The predicted molar refractivity (Wildman–Crippen MR) is 116 cm³/mol. The minimum atomic E-state index is -0.199. The van der Waals surface area contributed by atoms with Crippen LogP contribution in [-0.4, -0.2) is 5.97 Å². The number of carbonyl (C=O) groups excluding carboxylic acids is 1. The maximum atomic E-state index is 11.7. The summed E-state index contributed by atoms with van der Waals surface area (Å²) >= 11 is 0. The van der Waals surface area contributed by atoms with Crippen molar-refractivity contribution < 1.29 is 23.4 Å². The van der Waals surface area contributed by atoms with Gasteiger partial charge in [-0.3, -0.25) is 4.79 Å². The van der Waals surface area contributed by atoms with E-state index in [4.69, 9.17) is 18.6 Å². The molecule has 0 aliphatic carbocycles. The van der Waals surface area contributed by atoms with Crippen molar-refractivity contribution in [2.45, 2.75) is 32.5 Å². The normalized spacial score (nSPS) is 15.4. The minimum Gasteiger partial charge on any atom is -0.489 e. The fourth-order valence-electron chi connectivity index (χ4n) is 3.74. The van der Waals surface area contributed by atoms with Gasteiger partial charge in [0.05, 0.1) is 6.42 Å². The van der Waals surface area contributed by atoms with Crippen LogP contribution in [0.3, 0.4) is 0 Å². The predicted octanol–water partition coefficient (Wildman–Crippen LogP) is 6.00. The van der Waals surface area contributed by atoms with Gasteiger partial charge in [0.15, 0.2) is 0 Å². The lowest BCUT2D eigenvalue weighted by molar-refractivity contribution is -0.135. The molecular formula is C26H22O5. The highest BCUT2D eigenvalue weighted by Crippen LogP contribution is 2.36. The van der Waals surface area contributed by atoms with Crippen LogP contribution < -0.4 is 14.2 Å². The van der Waals surface area contributed by atoms with Gasteiger partial charge in [0.1, 0.15) is 41.8 Å². The number of benzene rings is 3. The molecule has 31 heavy (non-hydrogen) atoms. The molecule has 5 heteroatoms. The second kappa shape index (κ2) is 8.19. The number of hydrogen-bond acceptors (Lipinski definition) is 5. The average Bonchev–Trinajstić information content (AvgIpc) is 3.20. The third kappa shape index (κ3) is 4.26. The molecule has 1 aromatic heterocycles.